The van der Waals surface area contributed by atoms with Crippen molar-refractivity contribution in [2.24, 2.45) is 5.41 Å². The van der Waals surface area contributed by atoms with E-state index in [4.69, 9.17) is 14.2 Å². The molecule has 0 saturated carbocycles. The van der Waals surface area contributed by atoms with Crippen molar-refractivity contribution in [1.29, 1.82) is 0 Å². The van der Waals surface area contributed by atoms with E-state index >= 15 is 0 Å². The highest BCUT2D eigenvalue weighted by molar-refractivity contribution is 6.06. The third kappa shape index (κ3) is 7.84. The molecule has 1 spiro atoms. The maximum absolute atomic E-state index is 12.9. The van der Waals surface area contributed by atoms with E-state index in [0.717, 1.165) is 24.4 Å². The van der Waals surface area contributed by atoms with Crippen molar-refractivity contribution in [2.45, 2.75) is 51.1 Å². The zero-order chi connectivity index (χ0) is 28.5. The van der Waals surface area contributed by atoms with Crippen molar-refractivity contribution in [1.82, 2.24) is 20.4 Å². The number of anilines is 1. The van der Waals surface area contributed by atoms with E-state index in [1.54, 1.807) is 11.0 Å². The van der Waals surface area contributed by atoms with Gasteiger partial charge in [-0.1, -0.05) is 6.07 Å². The molecule has 4 aliphatic rings. The molecule has 3 fully saturated rings. The van der Waals surface area contributed by atoms with Crippen molar-refractivity contribution in [2.75, 3.05) is 84.2 Å². The lowest BCUT2D eigenvalue weighted by atomic mass is 9.71. The Bertz CT molecular complexity index is 1050. The number of nitrogens with one attached hydrogen (secondary N) is 3. The van der Waals surface area contributed by atoms with E-state index in [9.17, 15) is 14.4 Å². The number of hydrogen-bond donors (Lipinski definition) is 3. The third-order valence-electron chi connectivity index (χ3n) is 9.02. The molecular formula is C30H45N5O6. The molecular weight excluding hydrogens is 526 g/mol. The van der Waals surface area contributed by atoms with E-state index in [1.165, 1.54) is 51.9 Å². The molecule has 11 nitrogen and oxygen atoms in total. The number of imide groups is 1. The van der Waals surface area contributed by atoms with Crippen molar-refractivity contribution < 1.29 is 28.6 Å². The summed E-state index contributed by atoms with van der Waals surface area (Å²) in [6.07, 6.45) is 5.91. The average molecular weight is 572 g/mol. The number of benzene rings is 1. The quantitative estimate of drug-likeness (QED) is 0.225. The lowest BCUT2D eigenvalue weighted by molar-refractivity contribution is -0.136. The lowest BCUT2D eigenvalue weighted by Gasteiger charge is -2.44. The monoisotopic (exact) mass is 571 g/mol. The van der Waals surface area contributed by atoms with Crippen LogP contribution in [0.4, 0.5) is 5.69 Å². The molecule has 1 aromatic rings. The Morgan fingerprint density at radius 3 is 2.34 bits per heavy atom. The second kappa shape index (κ2) is 14.6. The van der Waals surface area contributed by atoms with Crippen LogP contribution in [0.15, 0.2) is 18.2 Å². The number of likely N-dealkylation sites (tertiary alicyclic amines) is 1. The highest BCUT2D eigenvalue weighted by Crippen LogP contribution is 2.39. The number of nitrogens with zero attached hydrogens (tertiary/aromatic N) is 2. The van der Waals surface area contributed by atoms with Gasteiger partial charge in [-0.2, -0.15) is 0 Å². The number of fused-ring (bicyclic) bond motifs is 1. The second-order valence-electron chi connectivity index (χ2n) is 11.6. The van der Waals surface area contributed by atoms with Gasteiger partial charge in [0.1, 0.15) is 6.04 Å². The Kier molecular flexibility index (Phi) is 10.6. The first-order valence-corrected chi connectivity index (χ1v) is 15.2. The SMILES string of the molecule is O=C1CCC(N2Cc3c(NCCOCCOCCOCCN4CCC5(CCNCC5)CC4)cccc3C2=O)C(=O)N1. The van der Waals surface area contributed by atoms with Crippen LogP contribution in [0.3, 0.4) is 0 Å². The molecule has 11 heteroatoms. The van der Waals surface area contributed by atoms with Crippen LogP contribution in [-0.2, 0) is 30.3 Å². The summed E-state index contributed by atoms with van der Waals surface area (Å²) in [4.78, 5) is 40.8. The van der Waals surface area contributed by atoms with Crippen LogP contribution in [0.25, 0.3) is 0 Å². The van der Waals surface area contributed by atoms with Gasteiger partial charge < -0.3 is 34.6 Å². The molecule has 4 aliphatic heterocycles. The van der Waals surface area contributed by atoms with Crippen molar-refractivity contribution in [3.63, 3.8) is 0 Å². The Balaban J connectivity index is 0.885. The number of carbonyl (C=O) groups is 3. The first kappa shape index (κ1) is 29.9. The fraction of sp³-hybridized carbons (Fsp3) is 0.700. The summed E-state index contributed by atoms with van der Waals surface area (Å²) in [5, 5.41) is 9.18. The Hall–Kier alpha value is -2.57. The average Bonchev–Trinajstić information content (AvgIpc) is 3.32. The van der Waals surface area contributed by atoms with Gasteiger partial charge in [0.25, 0.3) is 5.91 Å². The summed E-state index contributed by atoms with van der Waals surface area (Å²) in [6, 6.07) is 4.93. The van der Waals surface area contributed by atoms with Gasteiger partial charge in [-0.15, -0.1) is 0 Å². The van der Waals surface area contributed by atoms with Gasteiger partial charge in [0.15, 0.2) is 0 Å². The number of ether oxygens (including phenoxy) is 3. The fourth-order valence-electron chi connectivity index (χ4n) is 6.45. The Labute approximate surface area is 242 Å². The molecule has 0 aliphatic carbocycles. The van der Waals surface area contributed by atoms with Gasteiger partial charge in [-0.05, 0) is 75.8 Å². The lowest BCUT2D eigenvalue weighted by Crippen LogP contribution is -2.52. The maximum Gasteiger partial charge on any atom is 0.255 e. The predicted octanol–water partition coefficient (Wildman–Crippen LogP) is 1.37. The number of amides is 3. The molecule has 3 saturated heterocycles. The smallest absolute Gasteiger partial charge is 0.255 e. The molecule has 1 atom stereocenters. The molecule has 1 unspecified atom stereocenters. The van der Waals surface area contributed by atoms with Gasteiger partial charge in [0.2, 0.25) is 11.8 Å². The van der Waals surface area contributed by atoms with Crippen LogP contribution in [0.2, 0.25) is 0 Å². The predicted molar refractivity (Wildman–Crippen MR) is 154 cm³/mol. The van der Waals surface area contributed by atoms with Crippen LogP contribution >= 0.6 is 0 Å². The van der Waals surface area contributed by atoms with Crippen LogP contribution in [0.5, 0.6) is 0 Å². The number of hydrogen-bond acceptors (Lipinski definition) is 9. The van der Waals surface area contributed by atoms with E-state index in [2.05, 4.69) is 20.9 Å². The molecule has 1 aromatic carbocycles. The zero-order valence-electron chi connectivity index (χ0n) is 24.1. The van der Waals surface area contributed by atoms with Gasteiger partial charge in [-0.3, -0.25) is 19.7 Å². The van der Waals surface area contributed by atoms with Crippen LogP contribution in [0, 0.1) is 5.41 Å². The molecule has 0 radical (unpaired) electrons. The standard InChI is InChI=1S/C30H45N5O6/c36-27-5-4-26(28(37)33-27)35-22-24-23(29(35)38)2-1-3-25(24)32-12-16-39-18-20-41-21-19-40-17-15-34-13-8-30(9-14-34)6-10-31-11-7-30/h1-3,26,31-32H,4-22H2,(H,33,36,37). The highest BCUT2D eigenvalue weighted by atomic mass is 16.5. The maximum atomic E-state index is 12.9. The fourth-order valence-corrected chi connectivity index (χ4v) is 6.45. The summed E-state index contributed by atoms with van der Waals surface area (Å²) in [7, 11) is 0. The summed E-state index contributed by atoms with van der Waals surface area (Å²) in [5.74, 6) is -0.861. The molecule has 226 valence electrons. The van der Waals surface area contributed by atoms with Crippen LogP contribution < -0.4 is 16.0 Å². The first-order valence-electron chi connectivity index (χ1n) is 15.2. The largest absolute Gasteiger partial charge is 0.382 e. The minimum Gasteiger partial charge on any atom is -0.382 e. The number of rotatable bonds is 14. The summed E-state index contributed by atoms with van der Waals surface area (Å²) < 4.78 is 17.1. The van der Waals surface area contributed by atoms with Crippen molar-refractivity contribution in [3.05, 3.63) is 29.3 Å². The summed E-state index contributed by atoms with van der Waals surface area (Å²) >= 11 is 0. The molecule has 0 aromatic heterocycles. The Morgan fingerprint density at radius 2 is 1.61 bits per heavy atom. The minimum atomic E-state index is -0.615. The zero-order valence-corrected chi connectivity index (χ0v) is 24.1. The Morgan fingerprint density at radius 1 is 0.902 bits per heavy atom. The molecule has 5 rings (SSSR count). The van der Waals surface area contributed by atoms with Gasteiger partial charge >= 0.3 is 0 Å². The first-order chi connectivity index (χ1) is 20.0. The van der Waals surface area contributed by atoms with Gasteiger partial charge in [0.05, 0.1) is 39.6 Å². The molecule has 3 amide bonds. The normalized spacial score (nSPS) is 22.7. The van der Waals surface area contributed by atoms with Crippen LogP contribution in [0.1, 0.15) is 54.4 Å². The summed E-state index contributed by atoms with van der Waals surface area (Å²) in [6.45, 7) is 10.1. The summed E-state index contributed by atoms with van der Waals surface area (Å²) in [5.41, 5.74) is 2.92. The van der Waals surface area contributed by atoms with E-state index in [0.29, 0.717) is 63.5 Å². The van der Waals surface area contributed by atoms with E-state index < -0.39 is 11.9 Å². The minimum absolute atomic E-state index is 0.174. The van der Waals surface area contributed by atoms with E-state index in [-0.39, 0.29) is 18.2 Å². The van der Waals surface area contributed by atoms with Crippen molar-refractivity contribution >= 4 is 23.4 Å². The highest BCUT2D eigenvalue weighted by Gasteiger charge is 2.40. The molecule has 0 bridgehead atoms. The third-order valence-corrected chi connectivity index (χ3v) is 9.02. The van der Waals surface area contributed by atoms with Crippen LogP contribution in [-0.4, -0.2) is 112 Å². The van der Waals surface area contributed by atoms with Gasteiger partial charge in [-0.25, -0.2) is 0 Å². The molecule has 4 heterocycles. The molecule has 3 N–H and O–H groups in total. The number of carbonyl (C=O) groups excluding carboxylic acids is 3. The number of piperidine rings is 3. The molecule has 41 heavy (non-hydrogen) atoms. The second-order valence-corrected chi connectivity index (χ2v) is 11.6. The van der Waals surface area contributed by atoms with Gasteiger partial charge in [0, 0.05) is 42.9 Å². The van der Waals surface area contributed by atoms with Crippen molar-refractivity contribution in [3.8, 4) is 0 Å². The van der Waals surface area contributed by atoms with E-state index in [1.807, 2.05) is 12.1 Å². The topological polar surface area (TPSA) is 121 Å².